The molecule has 6 nitrogen and oxygen atoms in total. The molecule has 4 amide bonds. The van der Waals surface area contributed by atoms with Crippen LogP contribution in [0.25, 0.3) is 6.08 Å². The molecule has 0 radical (unpaired) electrons. The van der Waals surface area contributed by atoms with Crippen LogP contribution in [-0.2, 0) is 9.59 Å². The van der Waals surface area contributed by atoms with Gasteiger partial charge in [-0.2, -0.15) is 0 Å². The van der Waals surface area contributed by atoms with E-state index >= 15 is 0 Å². The summed E-state index contributed by atoms with van der Waals surface area (Å²) in [6.45, 7) is 0. The molecule has 1 saturated heterocycles. The second kappa shape index (κ2) is 6.56. The molecule has 2 aromatic rings. The standard InChI is InChI=1S/C18H13FN2O4/c1-25-15-5-3-2-4-14(15)21-17(23)13(16(22)20-18(21)24)10-11-6-8-12(19)9-7-11/h2-10H,1H3,(H,20,22,24). The van der Waals surface area contributed by atoms with E-state index in [0.29, 0.717) is 11.3 Å². The normalized spacial score (nSPS) is 16.2. The summed E-state index contributed by atoms with van der Waals surface area (Å²) in [7, 11) is 1.41. The predicted molar refractivity (Wildman–Crippen MR) is 88.4 cm³/mol. The summed E-state index contributed by atoms with van der Waals surface area (Å²) in [6.07, 6.45) is 1.30. The summed E-state index contributed by atoms with van der Waals surface area (Å²) >= 11 is 0. The zero-order valence-corrected chi connectivity index (χ0v) is 13.2. The van der Waals surface area contributed by atoms with Crippen LogP contribution in [0.2, 0.25) is 0 Å². The number of halogens is 1. The van der Waals surface area contributed by atoms with Gasteiger partial charge in [-0.15, -0.1) is 0 Å². The number of carbonyl (C=O) groups excluding carboxylic acids is 3. The minimum atomic E-state index is -0.865. The Labute approximate surface area is 142 Å². The molecule has 0 aliphatic carbocycles. The van der Waals surface area contributed by atoms with Crippen LogP contribution in [-0.4, -0.2) is 25.0 Å². The molecule has 0 unspecified atom stereocenters. The van der Waals surface area contributed by atoms with E-state index in [1.54, 1.807) is 18.2 Å². The maximum atomic E-state index is 13.0. The second-order valence-electron chi connectivity index (χ2n) is 5.18. The molecule has 0 atom stereocenters. The Morgan fingerprint density at radius 1 is 1.04 bits per heavy atom. The zero-order valence-electron chi connectivity index (χ0n) is 13.2. The molecular formula is C18H13FN2O4. The number of carbonyl (C=O) groups is 3. The van der Waals surface area contributed by atoms with Crippen LogP contribution in [0.3, 0.4) is 0 Å². The Hall–Kier alpha value is -3.48. The summed E-state index contributed by atoms with van der Waals surface area (Å²) in [5, 5.41) is 2.12. The van der Waals surface area contributed by atoms with Crippen molar-refractivity contribution in [2.45, 2.75) is 0 Å². The number of amides is 4. The topological polar surface area (TPSA) is 75.7 Å². The average Bonchev–Trinajstić information content (AvgIpc) is 2.60. The van der Waals surface area contributed by atoms with Crippen LogP contribution in [0.4, 0.5) is 14.9 Å². The molecule has 1 N–H and O–H groups in total. The third-order valence-corrected chi connectivity index (χ3v) is 3.61. The minimum absolute atomic E-state index is 0.213. The van der Waals surface area contributed by atoms with E-state index < -0.39 is 23.7 Å². The molecular weight excluding hydrogens is 327 g/mol. The van der Waals surface area contributed by atoms with Crippen LogP contribution in [0.15, 0.2) is 54.1 Å². The number of anilines is 1. The van der Waals surface area contributed by atoms with Crippen LogP contribution < -0.4 is 15.0 Å². The fourth-order valence-corrected chi connectivity index (χ4v) is 2.42. The summed E-state index contributed by atoms with van der Waals surface area (Å²) in [5.41, 5.74) is 0.427. The Morgan fingerprint density at radius 2 is 1.72 bits per heavy atom. The molecule has 25 heavy (non-hydrogen) atoms. The molecule has 3 rings (SSSR count). The van der Waals surface area contributed by atoms with Crippen molar-refractivity contribution >= 4 is 29.6 Å². The lowest BCUT2D eigenvalue weighted by Crippen LogP contribution is -2.54. The summed E-state index contributed by atoms with van der Waals surface area (Å²) < 4.78 is 18.2. The molecule has 1 aliphatic rings. The number of hydrogen-bond donors (Lipinski definition) is 1. The van der Waals surface area contributed by atoms with Gasteiger partial charge in [-0.05, 0) is 35.9 Å². The van der Waals surface area contributed by atoms with Gasteiger partial charge in [0.15, 0.2) is 0 Å². The van der Waals surface area contributed by atoms with Gasteiger partial charge in [-0.1, -0.05) is 24.3 Å². The Morgan fingerprint density at radius 3 is 2.40 bits per heavy atom. The summed E-state index contributed by atoms with van der Waals surface area (Å²) in [5.74, 6) is -1.73. The van der Waals surface area contributed by atoms with E-state index in [1.807, 2.05) is 0 Å². The first-order valence-corrected chi connectivity index (χ1v) is 7.31. The lowest BCUT2D eigenvalue weighted by Gasteiger charge is -2.27. The van der Waals surface area contributed by atoms with E-state index in [-0.39, 0.29) is 11.3 Å². The van der Waals surface area contributed by atoms with Gasteiger partial charge in [-0.25, -0.2) is 14.1 Å². The number of imide groups is 2. The summed E-state index contributed by atoms with van der Waals surface area (Å²) in [6, 6.07) is 10.8. The molecule has 0 bridgehead atoms. The smallest absolute Gasteiger partial charge is 0.336 e. The van der Waals surface area contributed by atoms with Crippen molar-refractivity contribution < 1.29 is 23.5 Å². The minimum Gasteiger partial charge on any atom is -0.495 e. The highest BCUT2D eigenvalue weighted by Gasteiger charge is 2.37. The van der Waals surface area contributed by atoms with Gasteiger partial charge in [0.05, 0.1) is 12.8 Å². The van der Waals surface area contributed by atoms with Crippen molar-refractivity contribution in [3.8, 4) is 5.75 Å². The van der Waals surface area contributed by atoms with E-state index in [4.69, 9.17) is 4.74 Å². The number of benzene rings is 2. The molecule has 0 aromatic heterocycles. The van der Waals surface area contributed by atoms with Crippen molar-refractivity contribution in [3.63, 3.8) is 0 Å². The number of nitrogens with zero attached hydrogens (tertiary/aromatic N) is 1. The van der Waals surface area contributed by atoms with Crippen molar-refractivity contribution in [2.75, 3.05) is 12.0 Å². The van der Waals surface area contributed by atoms with E-state index in [0.717, 1.165) is 4.90 Å². The number of para-hydroxylation sites is 2. The van der Waals surface area contributed by atoms with Gasteiger partial charge in [0, 0.05) is 0 Å². The first-order chi connectivity index (χ1) is 12.0. The molecule has 7 heteroatoms. The number of hydrogen-bond acceptors (Lipinski definition) is 4. The fraction of sp³-hybridized carbons (Fsp3) is 0.0556. The molecule has 2 aromatic carbocycles. The molecule has 1 heterocycles. The van der Waals surface area contributed by atoms with Crippen LogP contribution in [0.1, 0.15) is 5.56 Å². The highest BCUT2D eigenvalue weighted by Crippen LogP contribution is 2.30. The van der Waals surface area contributed by atoms with Gasteiger partial charge in [0.2, 0.25) is 0 Å². The highest BCUT2D eigenvalue weighted by atomic mass is 19.1. The number of methoxy groups -OCH3 is 1. The quantitative estimate of drug-likeness (QED) is 0.688. The van der Waals surface area contributed by atoms with Crippen molar-refractivity contribution in [3.05, 3.63) is 65.5 Å². The Bertz CT molecular complexity index is 890. The molecule has 0 spiro atoms. The van der Waals surface area contributed by atoms with Crippen LogP contribution in [0, 0.1) is 5.82 Å². The number of nitrogens with one attached hydrogen (secondary N) is 1. The second-order valence-corrected chi connectivity index (χ2v) is 5.18. The third kappa shape index (κ3) is 3.12. The number of rotatable bonds is 3. The molecule has 126 valence electrons. The zero-order chi connectivity index (χ0) is 18.0. The first-order valence-electron chi connectivity index (χ1n) is 7.31. The molecule has 0 saturated carbocycles. The third-order valence-electron chi connectivity index (χ3n) is 3.61. The monoisotopic (exact) mass is 340 g/mol. The Kier molecular flexibility index (Phi) is 4.30. The maximum absolute atomic E-state index is 13.0. The lowest BCUT2D eigenvalue weighted by atomic mass is 10.1. The van der Waals surface area contributed by atoms with Gasteiger partial charge in [0.1, 0.15) is 17.1 Å². The van der Waals surface area contributed by atoms with E-state index in [1.165, 1.54) is 43.5 Å². The largest absolute Gasteiger partial charge is 0.495 e. The SMILES string of the molecule is COc1ccccc1N1C(=O)NC(=O)C(=Cc2ccc(F)cc2)C1=O. The van der Waals surface area contributed by atoms with Crippen molar-refractivity contribution in [1.82, 2.24) is 5.32 Å². The average molecular weight is 340 g/mol. The van der Waals surface area contributed by atoms with E-state index in [9.17, 15) is 18.8 Å². The highest BCUT2D eigenvalue weighted by molar-refractivity contribution is 6.39. The maximum Gasteiger partial charge on any atom is 0.336 e. The van der Waals surface area contributed by atoms with Crippen molar-refractivity contribution in [1.29, 1.82) is 0 Å². The van der Waals surface area contributed by atoms with Crippen molar-refractivity contribution in [2.24, 2.45) is 0 Å². The molecule has 1 aliphatic heterocycles. The van der Waals surface area contributed by atoms with Gasteiger partial charge in [-0.3, -0.25) is 14.9 Å². The van der Waals surface area contributed by atoms with Gasteiger partial charge in [0.25, 0.3) is 11.8 Å². The van der Waals surface area contributed by atoms with Gasteiger partial charge < -0.3 is 4.74 Å². The number of ether oxygens (including phenoxy) is 1. The van der Waals surface area contributed by atoms with E-state index in [2.05, 4.69) is 5.32 Å². The fourth-order valence-electron chi connectivity index (χ4n) is 2.42. The number of urea groups is 1. The number of barbiturate groups is 1. The molecule has 1 fully saturated rings. The predicted octanol–water partition coefficient (Wildman–Crippen LogP) is 2.50. The summed E-state index contributed by atoms with van der Waals surface area (Å²) in [4.78, 5) is 37.8. The lowest BCUT2D eigenvalue weighted by molar-refractivity contribution is -0.122. The van der Waals surface area contributed by atoms with Crippen LogP contribution >= 0.6 is 0 Å². The Balaban J connectivity index is 2.04. The van der Waals surface area contributed by atoms with Gasteiger partial charge >= 0.3 is 6.03 Å². The first kappa shape index (κ1) is 16.4. The van der Waals surface area contributed by atoms with Crippen LogP contribution in [0.5, 0.6) is 5.75 Å².